The second kappa shape index (κ2) is 4.72. The molecule has 0 spiro atoms. The minimum atomic E-state index is 0.604. The van der Waals surface area contributed by atoms with Gasteiger partial charge >= 0.3 is 0 Å². The maximum Gasteiger partial charge on any atom is 0.162 e. The molecule has 4 nitrogen and oxygen atoms in total. The molecule has 92 valence electrons. The molecule has 0 aliphatic carbocycles. The molecule has 0 radical (unpaired) electrons. The molecule has 1 aromatic rings. The van der Waals surface area contributed by atoms with Crippen LogP contribution in [0.25, 0.3) is 0 Å². The number of ether oxygens (including phenoxy) is 2. The molecule has 0 N–H and O–H groups in total. The van der Waals surface area contributed by atoms with Gasteiger partial charge in [0.2, 0.25) is 0 Å². The Bertz CT molecular complexity index is 407. The normalized spacial score (nSPS) is 20.2. The van der Waals surface area contributed by atoms with Gasteiger partial charge in [0.1, 0.15) is 5.75 Å². The van der Waals surface area contributed by atoms with Crippen LogP contribution in [0.3, 0.4) is 0 Å². The predicted molar refractivity (Wildman–Crippen MR) is 66.7 cm³/mol. The lowest BCUT2D eigenvalue weighted by Gasteiger charge is -2.30. The molecule has 0 unspecified atom stereocenters. The molecule has 0 atom stereocenters. The highest BCUT2D eigenvalue weighted by Crippen LogP contribution is 2.35. The Balaban J connectivity index is 1.72. The van der Waals surface area contributed by atoms with E-state index in [1.54, 1.807) is 0 Å². The maximum atomic E-state index is 6.02. The molecule has 17 heavy (non-hydrogen) atoms. The summed E-state index contributed by atoms with van der Waals surface area (Å²) in [6, 6.07) is 5.75. The number of rotatable bonds is 2. The molecule has 2 aliphatic rings. The van der Waals surface area contributed by atoms with E-state index in [4.69, 9.17) is 21.1 Å². The number of hydrogen-bond donors (Lipinski definition) is 0. The van der Waals surface area contributed by atoms with E-state index >= 15 is 0 Å². The summed E-state index contributed by atoms with van der Waals surface area (Å²) in [4.78, 5) is 4.56. The summed E-state index contributed by atoms with van der Waals surface area (Å²) in [5.41, 5.74) is 1.09. The van der Waals surface area contributed by atoms with E-state index < -0.39 is 0 Å². The number of anilines is 1. The van der Waals surface area contributed by atoms with Crippen molar-refractivity contribution < 1.29 is 9.47 Å². The van der Waals surface area contributed by atoms with Crippen molar-refractivity contribution in [2.24, 2.45) is 0 Å². The average molecular weight is 255 g/mol. The van der Waals surface area contributed by atoms with Crippen molar-refractivity contribution in [3.63, 3.8) is 0 Å². The fraction of sp³-hybridized carbons (Fsp3) is 0.500. The molecule has 5 heteroatoms. The Kier molecular flexibility index (Phi) is 3.09. The van der Waals surface area contributed by atoms with Crippen LogP contribution in [-0.2, 0) is 4.74 Å². The minimum absolute atomic E-state index is 0.604. The Morgan fingerprint density at radius 2 is 2.06 bits per heavy atom. The Hall–Kier alpha value is -0.970. The Morgan fingerprint density at radius 1 is 1.24 bits per heavy atom. The maximum absolute atomic E-state index is 6.02. The van der Waals surface area contributed by atoms with Crippen LogP contribution in [0.15, 0.2) is 18.2 Å². The first kappa shape index (κ1) is 11.1. The minimum Gasteiger partial charge on any atom is -0.471 e. The molecule has 1 aromatic carbocycles. The molecule has 0 amide bonds. The molecular formula is C12H15ClN2O2. The van der Waals surface area contributed by atoms with E-state index in [-0.39, 0.29) is 0 Å². The topological polar surface area (TPSA) is 24.9 Å². The van der Waals surface area contributed by atoms with Gasteiger partial charge in [-0.05, 0) is 18.2 Å². The lowest BCUT2D eigenvalue weighted by atomic mass is 10.3. The second-order valence-electron chi connectivity index (χ2n) is 4.30. The van der Waals surface area contributed by atoms with Gasteiger partial charge in [-0.2, -0.15) is 0 Å². The van der Waals surface area contributed by atoms with Gasteiger partial charge in [-0.3, -0.25) is 4.90 Å². The van der Waals surface area contributed by atoms with Crippen molar-refractivity contribution in [2.45, 2.75) is 0 Å². The van der Waals surface area contributed by atoms with Crippen LogP contribution < -0.4 is 9.64 Å². The monoisotopic (exact) mass is 254 g/mol. The first-order valence-corrected chi connectivity index (χ1v) is 6.18. The summed E-state index contributed by atoms with van der Waals surface area (Å²) in [7, 11) is 0. The number of hydrogen-bond acceptors (Lipinski definition) is 4. The summed E-state index contributed by atoms with van der Waals surface area (Å²) in [6.07, 6.45) is 0. The fourth-order valence-corrected chi connectivity index (χ4v) is 2.34. The van der Waals surface area contributed by atoms with Crippen molar-refractivity contribution in [3.05, 3.63) is 23.2 Å². The molecule has 2 heterocycles. The van der Waals surface area contributed by atoms with E-state index in [1.165, 1.54) is 0 Å². The van der Waals surface area contributed by atoms with Gasteiger partial charge in [-0.1, -0.05) is 11.6 Å². The van der Waals surface area contributed by atoms with Crippen LogP contribution in [-0.4, -0.2) is 44.6 Å². The van der Waals surface area contributed by atoms with Crippen molar-refractivity contribution in [2.75, 3.05) is 44.6 Å². The SMILES string of the molecule is Clc1ccc2c(c1)N(CN1CCOCC1)CO2. The quantitative estimate of drug-likeness (QED) is 0.803. The summed E-state index contributed by atoms with van der Waals surface area (Å²) >= 11 is 6.02. The average Bonchev–Trinajstić information content (AvgIpc) is 2.73. The number of benzene rings is 1. The highest BCUT2D eigenvalue weighted by molar-refractivity contribution is 6.31. The van der Waals surface area contributed by atoms with E-state index in [1.807, 2.05) is 18.2 Å². The number of morpholine rings is 1. The first-order chi connectivity index (χ1) is 8.33. The highest BCUT2D eigenvalue weighted by Gasteiger charge is 2.23. The van der Waals surface area contributed by atoms with Crippen LogP contribution in [0.1, 0.15) is 0 Å². The van der Waals surface area contributed by atoms with Crippen LogP contribution in [0, 0.1) is 0 Å². The van der Waals surface area contributed by atoms with E-state index in [9.17, 15) is 0 Å². The van der Waals surface area contributed by atoms with E-state index in [0.717, 1.165) is 49.4 Å². The van der Waals surface area contributed by atoms with Gasteiger partial charge in [0.25, 0.3) is 0 Å². The molecule has 0 aromatic heterocycles. The summed E-state index contributed by atoms with van der Waals surface area (Å²) in [5, 5.41) is 0.751. The van der Waals surface area contributed by atoms with E-state index in [2.05, 4.69) is 9.80 Å². The zero-order chi connectivity index (χ0) is 11.7. The zero-order valence-corrected chi connectivity index (χ0v) is 10.3. The molecule has 1 fully saturated rings. The zero-order valence-electron chi connectivity index (χ0n) is 9.56. The van der Waals surface area contributed by atoms with Crippen LogP contribution in [0.2, 0.25) is 5.02 Å². The molecule has 1 saturated heterocycles. The van der Waals surface area contributed by atoms with Crippen molar-refractivity contribution in [1.29, 1.82) is 0 Å². The van der Waals surface area contributed by atoms with Crippen LogP contribution in [0.4, 0.5) is 5.69 Å². The first-order valence-electron chi connectivity index (χ1n) is 5.80. The smallest absolute Gasteiger partial charge is 0.162 e. The second-order valence-corrected chi connectivity index (χ2v) is 4.73. The summed E-state index contributed by atoms with van der Waals surface area (Å²) in [5.74, 6) is 0.919. The van der Waals surface area contributed by atoms with Gasteiger partial charge < -0.3 is 14.4 Å². The van der Waals surface area contributed by atoms with Crippen molar-refractivity contribution in [3.8, 4) is 5.75 Å². The standard InChI is InChI=1S/C12H15ClN2O2/c13-10-1-2-12-11(7-10)15(9-17-12)8-14-3-5-16-6-4-14/h1-2,7H,3-6,8-9H2. The van der Waals surface area contributed by atoms with Crippen molar-refractivity contribution >= 4 is 17.3 Å². The largest absolute Gasteiger partial charge is 0.471 e. The molecule has 3 rings (SSSR count). The third-order valence-corrected chi connectivity index (χ3v) is 3.35. The Morgan fingerprint density at radius 3 is 2.88 bits per heavy atom. The van der Waals surface area contributed by atoms with Gasteiger partial charge in [-0.25, -0.2) is 0 Å². The van der Waals surface area contributed by atoms with Crippen molar-refractivity contribution in [1.82, 2.24) is 4.90 Å². The number of fused-ring (bicyclic) bond motifs is 1. The molecule has 2 aliphatic heterocycles. The summed E-state index contributed by atoms with van der Waals surface area (Å²) in [6.45, 7) is 5.07. The van der Waals surface area contributed by atoms with E-state index in [0.29, 0.717) is 6.73 Å². The van der Waals surface area contributed by atoms with Gasteiger partial charge in [0.15, 0.2) is 6.73 Å². The lowest BCUT2D eigenvalue weighted by Crippen LogP contribution is -2.43. The van der Waals surface area contributed by atoms with Gasteiger partial charge in [0.05, 0.1) is 25.6 Å². The third kappa shape index (κ3) is 2.34. The fourth-order valence-electron chi connectivity index (χ4n) is 2.18. The van der Waals surface area contributed by atoms with Crippen LogP contribution in [0.5, 0.6) is 5.75 Å². The van der Waals surface area contributed by atoms with Crippen LogP contribution >= 0.6 is 11.6 Å². The lowest BCUT2D eigenvalue weighted by molar-refractivity contribution is 0.0370. The molecule has 0 saturated carbocycles. The molecule has 0 bridgehead atoms. The third-order valence-electron chi connectivity index (χ3n) is 3.11. The van der Waals surface area contributed by atoms with Gasteiger partial charge in [0, 0.05) is 18.1 Å². The number of nitrogens with zero attached hydrogens (tertiary/aromatic N) is 2. The Labute approximate surface area is 106 Å². The predicted octanol–water partition coefficient (Wildman–Crippen LogP) is 1.79. The summed E-state index contributed by atoms with van der Waals surface area (Å²) < 4.78 is 11.0. The highest BCUT2D eigenvalue weighted by atomic mass is 35.5. The number of halogens is 1. The molecular weight excluding hydrogens is 240 g/mol. The van der Waals surface area contributed by atoms with Gasteiger partial charge in [-0.15, -0.1) is 0 Å².